The number of nitrogens with zero attached hydrogens (tertiary/aromatic N) is 2. The van der Waals surface area contributed by atoms with Gasteiger partial charge in [0.2, 0.25) is 5.91 Å². The summed E-state index contributed by atoms with van der Waals surface area (Å²) in [5.41, 5.74) is 5.27. The first kappa shape index (κ1) is 15.5. The van der Waals surface area contributed by atoms with Gasteiger partial charge in [0.15, 0.2) is 0 Å². The van der Waals surface area contributed by atoms with Crippen molar-refractivity contribution in [3.63, 3.8) is 0 Å². The summed E-state index contributed by atoms with van der Waals surface area (Å²) in [6.45, 7) is 8.94. The molecule has 20 heavy (non-hydrogen) atoms. The van der Waals surface area contributed by atoms with Crippen molar-refractivity contribution >= 4 is 17.2 Å². The summed E-state index contributed by atoms with van der Waals surface area (Å²) >= 11 is 1.80. The highest BCUT2D eigenvalue weighted by Crippen LogP contribution is 2.19. The molecule has 1 aromatic rings. The summed E-state index contributed by atoms with van der Waals surface area (Å²) < 4.78 is 0. The predicted molar refractivity (Wildman–Crippen MR) is 83.6 cm³/mol. The van der Waals surface area contributed by atoms with Crippen LogP contribution < -0.4 is 5.73 Å². The summed E-state index contributed by atoms with van der Waals surface area (Å²) in [6.07, 6.45) is 1.04. The molecule has 1 amide bonds. The summed E-state index contributed by atoms with van der Waals surface area (Å²) in [5, 5.41) is 2.12. The van der Waals surface area contributed by atoms with Crippen LogP contribution in [0, 0.1) is 5.41 Å². The van der Waals surface area contributed by atoms with Crippen molar-refractivity contribution in [2.45, 2.75) is 26.8 Å². The molecular weight excluding hydrogens is 270 g/mol. The van der Waals surface area contributed by atoms with Crippen molar-refractivity contribution < 1.29 is 4.79 Å². The van der Waals surface area contributed by atoms with Crippen LogP contribution in [-0.4, -0.2) is 48.4 Å². The maximum Gasteiger partial charge on any atom is 0.229 e. The van der Waals surface area contributed by atoms with E-state index in [1.54, 1.807) is 11.3 Å². The Labute approximate surface area is 125 Å². The maximum atomic E-state index is 12.5. The van der Waals surface area contributed by atoms with Gasteiger partial charge in [-0.05, 0) is 31.7 Å². The number of amides is 1. The fourth-order valence-corrected chi connectivity index (χ4v) is 3.22. The largest absolute Gasteiger partial charge is 0.341 e. The predicted octanol–water partition coefficient (Wildman–Crippen LogP) is 1.77. The average Bonchev–Trinajstić information content (AvgIpc) is 2.83. The molecule has 0 unspecified atom stereocenters. The van der Waals surface area contributed by atoms with Gasteiger partial charge in [-0.1, -0.05) is 6.07 Å². The lowest BCUT2D eigenvalue weighted by atomic mass is 9.92. The Hall–Kier alpha value is -0.910. The molecule has 0 aliphatic carbocycles. The van der Waals surface area contributed by atoms with E-state index >= 15 is 0 Å². The van der Waals surface area contributed by atoms with E-state index in [9.17, 15) is 4.79 Å². The molecular formula is C15H25N3OS. The first-order valence-corrected chi connectivity index (χ1v) is 8.15. The smallest absolute Gasteiger partial charge is 0.229 e. The van der Waals surface area contributed by atoms with Crippen molar-refractivity contribution in [2.24, 2.45) is 11.1 Å². The van der Waals surface area contributed by atoms with E-state index < -0.39 is 5.41 Å². The van der Waals surface area contributed by atoms with Crippen molar-refractivity contribution in [2.75, 3.05) is 32.7 Å². The molecule has 1 aliphatic heterocycles. The quantitative estimate of drug-likeness (QED) is 0.921. The van der Waals surface area contributed by atoms with Crippen LogP contribution in [0.3, 0.4) is 0 Å². The van der Waals surface area contributed by atoms with Crippen LogP contribution in [0.2, 0.25) is 0 Å². The zero-order valence-electron chi connectivity index (χ0n) is 12.5. The number of hydrogen-bond donors (Lipinski definition) is 1. The number of carbonyl (C=O) groups excluding carboxylic acids is 1. The normalized spacial score (nSPS) is 18.1. The summed E-state index contributed by atoms with van der Waals surface area (Å²) in [6, 6.07) is 4.27. The van der Waals surface area contributed by atoms with Gasteiger partial charge >= 0.3 is 0 Å². The molecule has 112 valence electrons. The van der Waals surface area contributed by atoms with Gasteiger partial charge in [0.1, 0.15) is 0 Å². The topological polar surface area (TPSA) is 49.6 Å². The minimum atomic E-state index is -0.442. The van der Waals surface area contributed by atoms with Crippen molar-refractivity contribution in [3.8, 4) is 0 Å². The standard InChI is InChI=1S/C15H25N3OS/c1-15(2,12-16)14(19)18-7-4-6-17(8-9-18)11-13-5-3-10-20-13/h3,5,10H,4,6-9,11-12,16H2,1-2H3. The van der Waals surface area contributed by atoms with Gasteiger partial charge in [-0.25, -0.2) is 0 Å². The minimum absolute atomic E-state index is 0.193. The Morgan fingerprint density at radius 1 is 1.35 bits per heavy atom. The highest BCUT2D eigenvalue weighted by molar-refractivity contribution is 7.09. The highest BCUT2D eigenvalue weighted by Gasteiger charge is 2.31. The molecule has 5 heteroatoms. The van der Waals surface area contributed by atoms with Gasteiger partial charge in [0, 0.05) is 44.1 Å². The number of thiophene rings is 1. The molecule has 0 spiro atoms. The lowest BCUT2D eigenvalue weighted by Gasteiger charge is -2.30. The maximum absolute atomic E-state index is 12.5. The molecule has 0 saturated carbocycles. The van der Waals surface area contributed by atoms with Crippen molar-refractivity contribution in [1.82, 2.24) is 9.80 Å². The van der Waals surface area contributed by atoms with Gasteiger partial charge in [0.05, 0.1) is 5.41 Å². The zero-order chi connectivity index (χ0) is 14.6. The third-order valence-corrected chi connectivity index (χ3v) is 4.79. The van der Waals surface area contributed by atoms with Gasteiger partial charge in [-0.3, -0.25) is 9.69 Å². The molecule has 0 aromatic carbocycles. The van der Waals surface area contributed by atoms with Crippen molar-refractivity contribution in [1.29, 1.82) is 0 Å². The molecule has 4 nitrogen and oxygen atoms in total. The fourth-order valence-electron chi connectivity index (χ4n) is 2.47. The van der Waals surface area contributed by atoms with E-state index in [-0.39, 0.29) is 5.91 Å². The summed E-state index contributed by atoms with van der Waals surface area (Å²) in [4.78, 5) is 18.3. The Morgan fingerprint density at radius 3 is 2.80 bits per heavy atom. The van der Waals surface area contributed by atoms with E-state index in [1.807, 2.05) is 18.7 Å². The van der Waals surface area contributed by atoms with E-state index in [1.165, 1.54) is 4.88 Å². The molecule has 1 saturated heterocycles. The van der Waals surface area contributed by atoms with E-state index in [0.717, 1.165) is 39.1 Å². The zero-order valence-corrected chi connectivity index (χ0v) is 13.3. The molecule has 1 fully saturated rings. The lowest BCUT2D eigenvalue weighted by molar-refractivity contribution is -0.139. The molecule has 2 heterocycles. The van der Waals surface area contributed by atoms with Gasteiger partial charge in [0.25, 0.3) is 0 Å². The van der Waals surface area contributed by atoms with E-state index in [4.69, 9.17) is 5.73 Å². The Kier molecular flexibility index (Phi) is 5.18. The second kappa shape index (κ2) is 6.70. The van der Waals surface area contributed by atoms with Crippen LogP contribution in [0.1, 0.15) is 25.1 Å². The highest BCUT2D eigenvalue weighted by atomic mass is 32.1. The SMILES string of the molecule is CC(C)(CN)C(=O)N1CCCN(Cc2cccs2)CC1. The van der Waals surface area contributed by atoms with E-state index in [2.05, 4.69) is 22.4 Å². The van der Waals surface area contributed by atoms with Crippen molar-refractivity contribution in [3.05, 3.63) is 22.4 Å². The van der Waals surface area contributed by atoms with Gasteiger partial charge in [-0.2, -0.15) is 0 Å². The minimum Gasteiger partial charge on any atom is -0.341 e. The Bertz CT molecular complexity index is 430. The number of carbonyl (C=O) groups is 1. The van der Waals surface area contributed by atoms with Crippen LogP contribution in [0.15, 0.2) is 17.5 Å². The summed E-state index contributed by atoms with van der Waals surface area (Å²) in [7, 11) is 0. The molecule has 2 N–H and O–H groups in total. The molecule has 0 atom stereocenters. The third kappa shape index (κ3) is 3.81. The van der Waals surface area contributed by atoms with E-state index in [0.29, 0.717) is 6.54 Å². The average molecular weight is 295 g/mol. The van der Waals surface area contributed by atoms with Crippen LogP contribution >= 0.6 is 11.3 Å². The Balaban J connectivity index is 1.90. The first-order chi connectivity index (χ1) is 9.53. The fraction of sp³-hybridized carbons (Fsp3) is 0.667. The van der Waals surface area contributed by atoms with Crippen LogP contribution in [0.4, 0.5) is 0 Å². The molecule has 0 radical (unpaired) electrons. The molecule has 1 aromatic heterocycles. The first-order valence-electron chi connectivity index (χ1n) is 7.27. The molecule has 1 aliphatic rings. The Morgan fingerprint density at radius 2 is 2.15 bits per heavy atom. The summed E-state index contributed by atoms with van der Waals surface area (Å²) in [5.74, 6) is 0.193. The monoisotopic (exact) mass is 295 g/mol. The second-order valence-corrected chi connectivity index (χ2v) is 7.12. The third-order valence-electron chi connectivity index (χ3n) is 3.92. The van der Waals surface area contributed by atoms with Crippen LogP contribution in [0.5, 0.6) is 0 Å². The number of hydrogen-bond acceptors (Lipinski definition) is 4. The van der Waals surface area contributed by atoms with Gasteiger partial charge in [-0.15, -0.1) is 11.3 Å². The number of rotatable bonds is 4. The van der Waals surface area contributed by atoms with Crippen LogP contribution in [0.25, 0.3) is 0 Å². The molecule has 2 rings (SSSR count). The van der Waals surface area contributed by atoms with Gasteiger partial charge < -0.3 is 10.6 Å². The number of nitrogens with two attached hydrogens (primary N) is 1. The second-order valence-electron chi connectivity index (χ2n) is 6.09. The molecule has 0 bridgehead atoms. The lowest BCUT2D eigenvalue weighted by Crippen LogP contribution is -2.46. The van der Waals surface area contributed by atoms with Crippen LogP contribution in [-0.2, 0) is 11.3 Å².